The summed E-state index contributed by atoms with van der Waals surface area (Å²) in [5.74, 6) is 0.407. The largest absolute Gasteiger partial charge is 0.497 e. The van der Waals surface area contributed by atoms with E-state index in [1.807, 2.05) is 18.2 Å². The first-order valence-corrected chi connectivity index (χ1v) is 14.2. The number of piperazine rings is 1. The molecule has 0 bridgehead atoms. The smallest absolute Gasteiger partial charge is 0.321 e. The number of rotatable bonds is 14. The van der Waals surface area contributed by atoms with Gasteiger partial charge in [-0.05, 0) is 36.2 Å². The van der Waals surface area contributed by atoms with E-state index in [-0.39, 0.29) is 17.9 Å². The number of ether oxygens (including phenoxy) is 1. The average Bonchev–Trinajstić information content (AvgIpc) is 2.96. The van der Waals surface area contributed by atoms with E-state index in [1.165, 1.54) is 37.8 Å². The molecule has 1 aliphatic heterocycles. The van der Waals surface area contributed by atoms with Gasteiger partial charge in [0.15, 0.2) is 0 Å². The number of hydrogen-bond donors (Lipinski definition) is 2. The fraction of sp³-hybridized carbons (Fsp3) is 0.533. The zero-order valence-electron chi connectivity index (χ0n) is 23.5. The van der Waals surface area contributed by atoms with Crippen LogP contribution in [-0.4, -0.2) is 79.7 Å². The first kappa shape index (κ1) is 30.2. The predicted octanol–water partition coefficient (Wildman–Crippen LogP) is 5.56. The number of unbranched alkanes of at least 4 members (excludes halogenated alkanes) is 5. The van der Waals surface area contributed by atoms with Crippen molar-refractivity contribution in [2.24, 2.45) is 0 Å². The summed E-state index contributed by atoms with van der Waals surface area (Å²) in [6.45, 7) is 7.22. The van der Waals surface area contributed by atoms with E-state index < -0.39 is 0 Å². The van der Waals surface area contributed by atoms with Crippen LogP contribution in [0.25, 0.3) is 0 Å². The van der Waals surface area contributed by atoms with E-state index in [0.717, 1.165) is 31.5 Å². The molecule has 9 heteroatoms. The van der Waals surface area contributed by atoms with Crippen LogP contribution in [0.15, 0.2) is 48.5 Å². The maximum Gasteiger partial charge on any atom is 0.321 e. The summed E-state index contributed by atoms with van der Waals surface area (Å²) in [5.41, 5.74) is 1.59. The summed E-state index contributed by atoms with van der Waals surface area (Å²) in [5, 5.41) is 6.01. The highest BCUT2D eigenvalue weighted by Crippen LogP contribution is 2.17. The van der Waals surface area contributed by atoms with Crippen molar-refractivity contribution in [1.29, 1.82) is 0 Å². The van der Waals surface area contributed by atoms with Crippen LogP contribution < -0.4 is 15.4 Å². The molecule has 0 saturated carbocycles. The monoisotopic (exact) mass is 541 g/mol. The Morgan fingerprint density at radius 2 is 1.69 bits per heavy atom. The maximum atomic E-state index is 13.4. The highest BCUT2D eigenvalue weighted by atomic mass is 19.1. The molecule has 214 valence electrons. The Morgan fingerprint density at radius 3 is 2.41 bits per heavy atom. The molecule has 1 fully saturated rings. The fourth-order valence-corrected chi connectivity index (χ4v) is 4.62. The van der Waals surface area contributed by atoms with Crippen LogP contribution in [-0.2, 0) is 6.54 Å². The number of urea groups is 2. The van der Waals surface area contributed by atoms with E-state index in [2.05, 4.69) is 22.5 Å². The standard InChI is InChI=1S/C30H44FN5O3/c1-3-4-5-6-7-8-16-32-29(37)36(24-25-12-14-26(31)15-13-25)22-19-34-17-20-35(21-18-34)30(38)33-27-10-9-11-28(23-27)39-2/h9-15,23H,3-8,16-22,24H2,1-2H3,(H,32,37)(H,33,38). The minimum atomic E-state index is -0.286. The van der Waals surface area contributed by atoms with Crippen molar-refractivity contribution in [3.05, 3.63) is 59.9 Å². The maximum absolute atomic E-state index is 13.4. The molecule has 2 aromatic carbocycles. The minimum Gasteiger partial charge on any atom is -0.497 e. The number of anilines is 1. The van der Waals surface area contributed by atoms with Crippen LogP contribution in [0.2, 0.25) is 0 Å². The SMILES string of the molecule is CCCCCCCCNC(=O)N(CCN1CCN(C(=O)Nc2cccc(OC)c2)CC1)Cc1ccc(F)cc1. The van der Waals surface area contributed by atoms with Gasteiger partial charge in [0, 0.05) is 64.1 Å². The van der Waals surface area contributed by atoms with Gasteiger partial charge in [0.2, 0.25) is 0 Å². The minimum absolute atomic E-state index is 0.0933. The zero-order valence-corrected chi connectivity index (χ0v) is 23.5. The third kappa shape index (κ3) is 10.8. The van der Waals surface area contributed by atoms with Crippen molar-refractivity contribution in [3.8, 4) is 5.75 Å². The number of amides is 4. The number of nitrogens with one attached hydrogen (secondary N) is 2. The van der Waals surface area contributed by atoms with Gasteiger partial charge in [0.1, 0.15) is 11.6 Å². The normalized spacial score (nSPS) is 13.7. The van der Waals surface area contributed by atoms with Gasteiger partial charge in [-0.1, -0.05) is 57.2 Å². The van der Waals surface area contributed by atoms with Gasteiger partial charge >= 0.3 is 12.1 Å². The van der Waals surface area contributed by atoms with Gasteiger partial charge in [0.25, 0.3) is 0 Å². The molecular weight excluding hydrogens is 497 g/mol. The molecule has 2 aromatic rings. The number of benzene rings is 2. The zero-order chi connectivity index (χ0) is 27.9. The Morgan fingerprint density at radius 1 is 0.974 bits per heavy atom. The Hall–Kier alpha value is -3.33. The van der Waals surface area contributed by atoms with Crippen LogP contribution in [0.5, 0.6) is 5.75 Å². The topological polar surface area (TPSA) is 77.2 Å². The number of hydrogen-bond acceptors (Lipinski definition) is 4. The second-order valence-electron chi connectivity index (χ2n) is 10.0. The van der Waals surface area contributed by atoms with Gasteiger partial charge in [-0.2, -0.15) is 0 Å². The second-order valence-corrected chi connectivity index (χ2v) is 10.0. The summed E-state index contributed by atoms with van der Waals surface area (Å²) in [7, 11) is 1.60. The molecule has 4 amide bonds. The fourth-order valence-electron chi connectivity index (χ4n) is 4.62. The third-order valence-corrected chi connectivity index (χ3v) is 7.05. The molecule has 0 atom stereocenters. The average molecular weight is 542 g/mol. The predicted molar refractivity (Wildman–Crippen MR) is 154 cm³/mol. The van der Waals surface area contributed by atoms with Crippen LogP contribution in [0.3, 0.4) is 0 Å². The molecule has 0 aliphatic carbocycles. The van der Waals surface area contributed by atoms with E-state index in [0.29, 0.717) is 50.7 Å². The summed E-state index contributed by atoms with van der Waals surface area (Å²) in [6, 6.07) is 13.4. The molecule has 0 unspecified atom stereocenters. The molecular formula is C30H44FN5O3. The molecule has 0 spiro atoms. The third-order valence-electron chi connectivity index (χ3n) is 7.05. The molecule has 8 nitrogen and oxygen atoms in total. The molecule has 2 N–H and O–H groups in total. The second kappa shape index (κ2) is 16.6. The lowest BCUT2D eigenvalue weighted by atomic mass is 10.1. The Labute approximate surface area is 232 Å². The van der Waals surface area contributed by atoms with Gasteiger partial charge in [-0.3, -0.25) is 4.90 Å². The highest BCUT2D eigenvalue weighted by Gasteiger charge is 2.22. The van der Waals surface area contributed by atoms with Gasteiger partial charge in [-0.15, -0.1) is 0 Å². The number of nitrogens with zero attached hydrogens (tertiary/aromatic N) is 3. The van der Waals surface area contributed by atoms with E-state index in [4.69, 9.17) is 4.74 Å². The summed E-state index contributed by atoms with van der Waals surface area (Å²) in [4.78, 5) is 31.6. The summed E-state index contributed by atoms with van der Waals surface area (Å²) in [6.07, 6.45) is 7.02. The Bertz CT molecular complexity index is 1010. The quantitative estimate of drug-likeness (QED) is 0.307. The summed E-state index contributed by atoms with van der Waals surface area (Å²) < 4.78 is 18.6. The molecule has 1 heterocycles. The van der Waals surface area contributed by atoms with E-state index in [9.17, 15) is 14.0 Å². The lowest BCUT2D eigenvalue weighted by Gasteiger charge is -2.35. The van der Waals surface area contributed by atoms with Crippen LogP contribution >= 0.6 is 0 Å². The summed E-state index contributed by atoms with van der Waals surface area (Å²) >= 11 is 0. The molecule has 0 aromatic heterocycles. The molecule has 0 radical (unpaired) electrons. The number of halogens is 1. The van der Waals surface area contributed by atoms with Crippen LogP contribution in [0, 0.1) is 5.82 Å². The van der Waals surface area contributed by atoms with Crippen molar-refractivity contribution >= 4 is 17.7 Å². The van der Waals surface area contributed by atoms with E-state index >= 15 is 0 Å². The van der Waals surface area contributed by atoms with Crippen molar-refractivity contribution < 1.29 is 18.7 Å². The van der Waals surface area contributed by atoms with Crippen LogP contribution in [0.4, 0.5) is 19.7 Å². The van der Waals surface area contributed by atoms with Gasteiger partial charge in [-0.25, -0.2) is 14.0 Å². The number of methoxy groups -OCH3 is 1. The number of carbonyl (C=O) groups is 2. The van der Waals surface area contributed by atoms with Gasteiger partial charge in [0.05, 0.1) is 7.11 Å². The lowest BCUT2D eigenvalue weighted by molar-refractivity contribution is 0.134. The van der Waals surface area contributed by atoms with Gasteiger partial charge < -0.3 is 25.2 Å². The van der Waals surface area contributed by atoms with Crippen LogP contribution in [0.1, 0.15) is 51.0 Å². The Kier molecular flexibility index (Phi) is 12.9. The van der Waals surface area contributed by atoms with E-state index in [1.54, 1.807) is 35.1 Å². The molecule has 3 rings (SSSR count). The Balaban J connectivity index is 1.45. The van der Waals surface area contributed by atoms with Crippen molar-refractivity contribution in [3.63, 3.8) is 0 Å². The number of carbonyl (C=O) groups excluding carboxylic acids is 2. The van der Waals surface area contributed by atoms with Crippen molar-refractivity contribution in [1.82, 2.24) is 20.0 Å². The lowest BCUT2D eigenvalue weighted by Crippen LogP contribution is -2.52. The first-order chi connectivity index (χ1) is 19.0. The molecule has 1 aliphatic rings. The molecule has 39 heavy (non-hydrogen) atoms. The molecule has 1 saturated heterocycles. The van der Waals surface area contributed by atoms with Crippen molar-refractivity contribution in [2.75, 3.05) is 58.2 Å². The first-order valence-electron chi connectivity index (χ1n) is 14.2. The van der Waals surface area contributed by atoms with Crippen molar-refractivity contribution in [2.45, 2.75) is 52.0 Å². The highest BCUT2D eigenvalue weighted by molar-refractivity contribution is 5.89.